The average Bonchev–Trinajstić information content (AvgIpc) is 2.58. The van der Waals surface area contributed by atoms with Crippen molar-refractivity contribution in [3.05, 3.63) is 35.4 Å². The third kappa shape index (κ3) is 9.95. The van der Waals surface area contributed by atoms with E-state index in [1.807, 2.05) is 25.1 Å². The van der Waals surface area contributed by atoms with Crippen molar-refractivity contribution in [1.29, 1.82) is 0 Å². The van der Waals surface area contributed by atoms with Gasteiger partial charge in [0.05, 0.1) is 5.75 Å². The van der Waals surface area contributed by atoms with Gasteiger partial charge >= 0.3 is 0 Å². The number of hydrogen-bond donors (Lipinski definition) is 3. The van der Waals surface area contributed by atoms with Gasteiger partial charge in [0, 0.05) is 38.5 Å². The van der Waals surface area contributed by atoms with Gasteiger partial charge in [-0.2, -0.15) is 0 Å². The Morgan fingerprint density at radius 1 is 1.31 bits per heavy atom. The first-order chi connectivity index (χ1) is 11.7. The predicted octanol–water partition coefficient (Wildman–Crippen LogP) is 1.19. The van der Waals surface area contributed by atoms with E-state index in [0.29, 0.717) is 24.5 Å². The molecule has 9 heteroatoms. The van der Waals surface area contributed by atoms with E-state index in [4.69, 9.17) is 0 Å². The first-order valence-electron chi connectivity index (χ1n) is 8.21. The van der Waals surface area contributed by atoms with E-state index < -0.39 is 9.84 Å². The van der Waals surface area contributed by atoms with E-state index in [1.54, 1.807) is 20.2 Å². The SMILES string of the molecule is CN=C(NCCc1cccc(C(=O)NC)c1)NC(C)CCS(C)(=O)=O.I. The van der Waals surface area contributed by atoms with Gasteiger partial charge in [-0.3, -0.25) is 9.79 Å². The zero-order valence-electron chi connectivity index (χ0n) is 15.7. The van der Waals surface area contributed by atoms with Gasteiger partial charge in [0.2, 0.25) is 0 Å². The van der Waals surface area contributed by atoms with Crippen LogP contribution in [0.2, 0.25) is 0 Å². The van der Waals surface area contributed by atoms with Gasteiger partial charge in [0.25, 0.3) is 5.91 Å². The smallest absolute Gasteiger partial charge is 0.251 e. The Bertz CT molecular complexity index is 708. The van der Waals surface area contributed by atoms with Crippen LogP contribution in [0.1, 0.15) is 29.3 Å². The molecule has 0 fully saturated rings. The number of benzene rings is 1. The second-order valence-electron chi connectivity index (χ2n) is 5.99. The maximum Gasteiger partial charge on any atom is 0.251 e. The number of aliphatic imine (C=N–C) groups is 1. The molecule has 3 N–H and O–H groups in total. The molecule has 0 aliphatic heterocycles. The molecule has 0 aromatic heterocycles. The van der Waals surface area contributed by atoms with Crippen LogP contribution in [0.4, 0.5) is 0 Å². The van der Waals surface area contributed by atoms with E-state index in [1.165, 1.54) is 6.26 Å². The molecular formula is C17H29IN4O3S. The normalized spacial score (nSPS) is 12.7. The molecule has 0 aliphatic carbocycles. The monoisotopic (exact) mass is 496 g/mol. The maximum absolute atomic E-state index is 11.6. The zero-order valence-corrected chi connectivity index (χ0v) is 18.9. The molecule has 1 unspecified atom stereocenters. The fourth-order valence-electron chi connectivity index (χ4n) is 2.23. The Hall–Kier alpha value is -1.36. The summed E-state index contributed by atoms with van der Waals surface area (Å²) in [4.78, 5) is 15.8. The van der Waals surface area contributed by atoms with Crippen LogP contribution in [-0.4, -0.2) is 59.0 Å². The molecule has 1 aromatic carbocycles. The highest BCUT2D eigenvalue weighted by Crippen LogP contribution is 2.05. The van der Waals surface area contributed by atoms with E-state index in [2.05, 4.69) is 20.9 Å². The van der Waals surface area contributed by atoms with Crippen molar-refractivity contribution in [3.8, 4) is 0 Å². The van der Waals surface area contributed by atoms with Crippen molar-refractivity contribution in [2.75, 3.05) is 32.6 Å². The zero-order chi connectivity index (χ0) is 18.9. The first kappa shape index (κ1) is 24.6. The molecule has 0 saturated heterocycles. The van der Waals surface area contributed by atoms with Crippen molar-refractivity contribution in [2.24, 2.45) is 4.99 Å². The number of hydrogen-bond acceptors (Lipinski definition) is 4. The number of sulfone groups is 1. The minimum Gasteiger partial charge on any atom is -0.356 e. The number of nitrogens with one attached hydrogen (secondary N) is 3. The van der Waals surface area contributed by atoms with Gasteiger partial charge in [0.15, 0.2) is 5.96 Å². The third-order valence-corrected chi connectivity index (χ3v) is 4.63. The van der Waals surface area contributed by atoms with E-state index >= 15 is 0 Å². The van der Waals surface area contributed by atoms with Crippen molar-refractivity contribution < 1.29 is 13.2 Å². The Balaban J connectivity index is 0.00000625. The van der Waals surface area contributed by atoms with Crippen LogP contribution < -0.4 is 16.0 Å². The van der Waals surface area contributed by atoms with Crippen LogP contribution in [0.3, 0.4) is 0 Å². The van der Waals surface area contributed by atoms with Crippen LogP contribution in [-0.2, 0) is 16.3 Å². The number of amides is 1. The predicted molar refractivity (Wildman–Crippen MR) is 117 cm³/mol. The number of carbonyl (C=O) groups is 1. The fourth-order valence-corrected chi connectivity index (χ4v) is 3.01. The topological polar surface area (TPSA) is 99.7 Å². The summed E-state index contributed by atoms with van der Waals surface area (Å²) < 4.78 is 22.4. The highest BCUT2D eigenvalue weighted by molar-refractivity contribution is 14.0. The molecule has 0 spiro atoms. The quantitative estimate of drug-likeness (QED) is 0.285. The van der Waals surface area contributed by atoms with Gasteiger partial charge in [-0.1, -0.05) is 12.1 Å². The minimum absolute atomic E-state index is 0. The number of guanidine groups is 1. The Morgan fingerprint density at radius 3 is 2.58 bits per heavy atom. The Kier molecular flexibility index (Phi) is 11.5. The molecule has 1 rings (SSSR count). The molecule has 148 valence electrons. The summed E-state index contributed by atoms with van der Waals surface area (Å²) >= 11 is 0. The highest BCUT2D eigenvalue weighted by Gasteiger charge is 2.09. The van der Waals surface area contributed by atoms with Crippen LogP contribution in [0.25, 0.3) is 0 Å². The molecule has 0 heterocycles. The third-order valence-electron chi connectivity index (χ3n) is 3.65. The summed E-state index contributed by atoms with van der Waals surface area (Å²) in [5, 5.41) is 8.98. The lowest BCUT2D eigenvalue weighted by atomic mass is 10.1. The molecule has 0 aliphatic rings. The average molecular weight is 496 g/mol. The van der Waals surface area contributed by atoms with Gasteiger partial charge in [-0.05, 0) is 37.5 Å². The Labute approximate surface area is 173 Å². The lowest BCUT2D eigenvalue weighted by Gasteiger charge is -2.17. The molecular weight excluding hydrogens is 467 g/mol. The standard InChI is InChI=1S/C17H28N4O3S.HI/c1-13(9-11-25(4,23)24)21-17(19-3)20-10-8-14-6-5-7-15(12-14)16(22)18-2;/h5-7,12-13H,8-11H2,1-4H3,(H,18,22)(H2,19,20,21);1H. The number of nitrogens with zero attached hydrogens (tertiary/aromatic N) is 1. The minimum atomic E-state index is -2.96. The maximum atomic E-state index is 11.6. The van der Waals surface area contributed by atoms with Crippen LogP contribution >= 0.6 is 24.0 Å². The van der Waals surface area contributed by atoms with Gasteiger partial charge in [0.1, 0.15) is 9.84 Å². The fraction of sp³-hybridized carbons (Fsp3) is 0.529. The van der Waals surface area contributed by atoms with Gasteiger partial charge in [-0.25, -0.2) is 8.42 Å². The van der Waals surface area contributed by atoms with Gasteiger partial charge < -0.3 is 16.0 Å². The summed E-state index contributed by atoms with van der Waals surface area (Å²) in [6.45, 7) is 2.57. The van der Waals surface area contributed by atoms with E-state index in [9.17, 15) is 13.2 Å². The largest absolute Gasteiger partial charge is 0.356 e. The summed E-state index contributed by atoms with van der Waals surface area (Å²) in [6, 6.07) is 7.47. The van der Waals surface area contributed by atoms with Crippen LogP contribution in [0.15, 0.2) is 29.3 Å². The van der Waals surface area contributed by atoms with Crippen molar-refractivity contribution in [3.63, 3.8) is 0 Å². The van der Waals surface area contributed by atoms with E-state index in [-0.39, 0.29) is 41.7 Å². The summed E-state index contributed by atoms with van der Waals surface area (Å²) in [6.07, 6.45) is 2.50. The Morgan fingerprint density at radius 2 is 2.00 bits per heavy atom. The molecule has 0 radical (unpaired) electrons. The molecule has 7 nitrogen and oxygen atoms in total. The van der Waals surface area contributed by atoms with Crippen LogP contribution in [0.5, 0.6) is 0 Å². The van der Waals surface area contributed by atoms with Gasteiger partial charge in [-0.15, -0.1) is 24.0 Å². The second-order valence-corrected chi connectivity index (χ2v) is 8.25. The van der Waals surface area contributed by atoms with Crippen molar-refractivity contribution >= 4 is 45.7 Å². The van der Waals surface area contributed by atoms with Crippen LogP contribution in [0, 0.1) is 0 Å². The first-order valence-corrected chi connectivity index (χ1v) is 10.3. The number of rotatable bonds is 8. The van der Waals surface area contributed by atoms with Crippen molar-refractivity contribution in [1.82, 2.24) is 16.0 Å². The second kappa shape index (κ2) is 12.1. The molecule has 0 bridgehead atoms. The summed E-state index contributed by atoms with van der Waals surface area (Å²) in [5.41, 5.74) is 1.69. The number of carbonyl (C=O) groups excluding carboxylic acids is 1. The number of halogens is 1. The molecule has 1 atom stereocenters. The van der Waals surface area contributed by atoms with Crippen molar-refractivity contribution in [2.45, 2.75) is 25.8 Å². The molecule has 26 heavy (non-hydrogen) atoms. The molecule has 1 amide bonds. The lowest BCUT2D eigenvalue weighted by molar-refractivity contribution is 0.0963. The molecule has 1 aromatic rings. The molecule has 0 saturated carbocycles. The highest BCUT2D eigenvalue weighted by atomic mass is 127. The lowest BCUT2D eigenvalue weighted by Crippen LogP contribution is -2.43. The summed E-state index contributed by atoms with van der Waals surface area (Å²) in [7, 11) is 0.319. The van der Waals surface area contributed by atoms with E-state index in [0.717, 1.165) is 12.0 Å². The summed E-state index contributed by atoms with van der Waals surface area (Å²) in [5.74, 6) is 0.667.